The van der Waals surface area contributed by atoms with Gasteiger partial charge in [-0.2, -0.15) is 0 Å². The monoisotopic (exact) mass is 421 g/mol. The van der Waals surface area contributed by atoms with Crippen LogP contribution in [0.5, 0.6) is 0 Å². The highest BCUT2D eigenvalue weighted by molar-refractivity contribution is 5.85. The van der Waals surface area contributed by atoms with Gasteiger partial charge in [0.15, 0.2) is 5.82 Å². The van der Waals surface area contributed by atoms with Gasteiger partial charge in [0.05, 0.1) is 31.1 Å². The minimum atomic E-state index is -0.443. The molecule has 6 rings (SSSR count). The molecule has 1 aliphatic carbocycles. The number of hydrogen-bond acceptors (Lipinski definition) is 5. The second kappa shape index (κ2) is 6.56. The summed E-state index contributed by atoms with van der Waals surface area (Å²) in [7, 11) is 3.56. The summed E-state index contributed by atoms with van der Waals surface area (Å²) in [6, 6.07) is 8.08. The molecule has 1 spiro atoms. The van der Waals surface area contributed by atoms with Gasteiger partial charge in [0.25, 0.3) is 0 Å². The Morgan fingerprint density at radius 1 is 1.23 bits per heavy atom. The van der Waals surface area contributed by atoms with Crippen LogP contribution in [0.1, 0.15) is 12.1 Å². The summed E-state index contributed by atoms with van der Waals surface area (Å²) in [6.07, 6.45) is 4.60. The van der Waals surface area contributed by atoms with Crippen molar-refractivity contribution in [2.45, 2.75) is 12.0 Å². The van der Waals surface area contributed by atoms with Crippen LogP contribution in [0.4, 0.5) is 5.69 Å². The van der Waals surface area contributed by atoms with Crippen LogP contribution >= 0.6 is 0 Å². The van der Waals surface area contributed by atoms with Crippen molar-refractivity contribution in [2.24, 2.45) is 17.8 Å². The molecule has 2 saturated heterocycles. The van der Waals surface area contributed by atoms with Crippen LogP contribution in [0, 0.1) is 17.8 Å². The fourth-order valence-corrected chi connectivity index (χ4v) is 5.84. The topological polar surface area (TPSA) is 70.9 Å². The summed E-state index contributed by atoms with van der Waals surface area (Å²) in [5, 5.41) is 0. The zero-order valence-corrected chi connectivity index (χ0v) is 17.9. The van der Waals surface area contributed by atoms with Crippen molar-refractivity contribution in [1.29, 1.82) is 0 Å². The van der Waals surface area contributed by atoms with Crippen molar-refractivity contribution in [3.63, 3.8) is 0 Å². The molecule has 2 aromatic heterocycles. The SMILES string of the molecule is CN(C)C(=O)CN1c2cccnc2-n2cccc2[C@@]12CCN(C(=O)C1[C@H]3COC[C@@H]13)C2. The predicted molar refractivity (Wildman–Crippen MR) is 114 cm³/mol. The van der Waals surface area contributed by atoms with Crippen LogP contribution in [0.15, 0.2) is 36.7 Å². The number of likely N-dealkylation sites (tertiary alicyclic amines) is 1. The van der Waals surface area contributed by atoms with E-state index in [0.29, 0.717) is 38.1 Å². The maximum Gasteiger partial charge on any atom is 0.241 e. The van der Waals surface area contributed by atoms with E-state index in [4.69, 9.17) is 4.74 Å². The van der Waals surface area contributed by atoms with Crippen molar-refractivity contribution in [1.82, 2.24) is 19.4 Å². The number of pyridine rings is 1. The number of carbonyl (C=O) groups excluding carboxylic acids is 2. The van der Waals surface area contributed by atoms with E-state index < -0.39 is 5.54 Å². The highest BCUT2D eigenvalue weighted by Gasteiger charge is 2.61. The number of hydrogen-bond donors (Lipinski definition) is 0. The molecule has 2 aromatic rings. The van der Waals surface area contributed by atoms with Crippen LogP contribution in [-0.4, -0.2) is 78.1 Å². The molecule has 4 atom stereocenters. The third-order valence-corrected chi connectivity index (χ3v) is 7.62. The zero-order chi connectivity index (χ0) is 21.3. The van der Waals surface area contributed by atoms with Crippen molar-refractivity contribution in [3.05, 3.63) is 42.4 Å². The second-order valence-electron chi connectivity index (χ2n) is 9.42. The molecule has 0 N–H and O–H groups in total. The van der Waals surface area contributed by atoms with Crippen LogP contribution in [0.3, 0.4) is 0 Å². The molecule has 8 heteroatoms. The molecule has 4 aliphatic rings. The quantitative estimate of drug-likeness (QED) is 0.742. The number of nitrogens with zero attached hydrogens (tertiary/aromatic N) is 5. The maximum absolute atomic E-state index is 13.3. The standard InChI is InChI=1S/C23H27N5O3/c1-25(2)19(29)11-28-17-5-3-8-24-21(17)27-9-4-6-18(27)23(28)7-10-26(14-23)22(30)20-15-12-31-13-16(15)20/h3-6,8-9,15-16,20H,7,10-14H2,1-2H3/t15-,16+,20?,23-/m0/s1. The average molecular weight is 422 g/mol. The fraction of sp³-hybridized carbons (Fsp3) is 0.522. The normalized spacial score (nSPS) is 30.2. The number of aromatic nitrogens is 2. The van der Waals surface area contributed by atoms with E-state index in [1.165, 1.54) is 0 Å². The van der Waals surface area contributed by atoms with Crippen molar-refractivity contribution < 1.29 is 14.3 Å². The third-order valence-electron chi connectivity index (χ3n) is 7.62. The lowest BCUT2D eigenvalue weighted by Crippen LogP contribution is -2.55. The van der Waals surface area contributed by atoms with E-state index in [0.717, 1.165) is 23.6 Å². The van der Waals surface area contributed by atoms with Crippen molar-refractivity contribution in [3.8, 4) is 5.82 Å². The molecule has 0 aromatic carbocycles. The van der Waals surface area contributed by atoms with E-state index in [1.807, 2.05) is 29.3 Å². The largest absolute Gasteiger partial charge is 0.381 e. The van der Waals surface area contributed by atoms with E-state index >= 15 is 0 Å². The number of likely N-dealkylation sites (N-methyl/N-ethyl adjacent to an activating group) is 1. The first kappa shape index (κ1) is 18.9. The lowest BCUT2D eigenvalue weighted by atomic mass is 9.88. The molecule has 3 aliphatic heterocycles. The molecule has 2 amide bonds. The van der Waals surface area contributed by atoms with Crippen molar-refractivity contribution in [2.75, 3.05) is 51.8 Å². The molecule has 0 radical (unpaired) electrons. The Kier molecular flexibility index (Phi) is 3.99. The Hall–Kier alpha value is -2.87. The van der Waals surface area contributed by atoms with Gasteiger partial charge < -0.3 is 24.0 Å². The van der Waals surface area contributed by atoms with E-state index in [-0.39, 0.29) is 24.3 Å². The lowest BCUT2D eigenvalue weighted by molar-refractivity contribution is -0.133. The van der Waals surface area contributed by atoms with Crippen LogP contribution in [0.25, 0.3) is 5.82 Å². The van der Waals surface area contributed by atoms with Gasteiger partial charge in [0, 0.05) is 45.5 Å². The summed E-state index contributed by atoms with van der Waals surface area (Å²) in [6.45, 7) is 2.96. The lowest BCUT2D eigenvalue weighted by Gasteiger charge is -2.47. The third kappa shape index (κ3) is 2.60. The highest BCUT2D eigenvalue weighted by atomic mass is 16.5. The Morgan fingerprint density at radius 2 is 2.03 bits per heavy atom. The Balaban J connectivity index is 1.39. The fourth-order valence-electron chi connectivity index (χ4n) is 5.84. The summed E-state index contributed by atoms with van der Waals surface area (Å²) in [5.41, 5.74) is 1.59. The maximum atomic E-state index is 13.3. The molecular weight excluding hydrogens is 394 g/mol. The van der Waals surface area contributed by atoms with Gasteiger partial charge in [0.1, 0.15) is 5.54 Å². The molecule has 8 nitrogen and oxygen atoms in total. The molecule has 1 saturated carbocycles. The number of anilines is 1. The van der Waals surface area contributed by atoms with Gasteiger partial charge in [-0.05, 0) is 42.5 Å². The Bertz CT molecular complexity index is 1050. The molecule has 5 heterocycles. The van der Waals surface area contributed by atoms with Crippen LogP contribution < -0.4 is 4.90 Å². The first-order valence-electron chi connectivity index (χ1n) is 11.0. The highest BCUT2D eigenvalue weighted by Crippen LogP contribution is 2.53. The predicted octanol–water partition coefficient (Wildman–Crippen LogP) is 1.10. The Morgan fingerprint density at radius 3 is 2.81 bits per heavy atom. The minimum Gasteiger partial charge on any atom is -0.381 e. The minimum absolute atomic E-state index is 0.0350. The number of fused-ring (bicyclic) bond motifs is 5. The number of ether oxygens (including phenoxy) is 1. The van der Waals surface area contributed by atoms with E-state index in [9.17, 15) is 9.59 Å². The first-order valence-corrected chi connectivity index (χ1v) is 11.0. The smallest absolute Gasteiger partial charge is 0.241 e. The van der Waals surface area contributed by atoms with Gasteiger partial charge >= 0.3 is 0 Å². The summed E-state index contributed by atoms with van der Waals surface area (Å²) in [4.78, 5) is 36.6. The number of rotatable bonds is 3. The van der Waals surface area contributed by atoms with E-state index in [2.05, 4.69) is 20.5 Å². The molecule has 1 unspecified atom stereocenters. The van der Waals surface area contributed by atoms with E-state index in [1.54, 1.807) is 25.2 Å². The molecule has 0 bridgehead atoms. The molecule has 31 heavy (non-hydrogen) atoms. The summed E-state index contributed by atoms with van der Waals surface area (Å²) in [5.74, 6) is 2.03. The second-order valence-corrected chi connectivity index (χ2v) is 9.42. The number of amides is 2. The number of carbonyl (C=O) groups is 2. The van der Waals surface area contributed by atoms with Gasteiger partial charge in [-0.25, -0.2) is 4.98 Å². The van der Waals surface area contributed by atoms with Crippen LogP contribution in [-0.2, 0) is 19.9 Å². The van der Waals surface area contributed by atoms with Crippen LogP contribution in [0.2, 0.25) is 0 Å². The molecule has 162 valence electrons. The van der Waals surface area contributed by atoms with Gasteiger partial charge in [-0.15, -0.1) is 0 Å². The summed E-state index contributed by atoms with van der Waals surface area (Å²) < 4.78 is 7.61. The van der Waals surface area contributed by atoms with Gasteiger partial charge in [-0.1, -0.05) is 0 Å². The van der Waals surface area contributed by atoms with Gasteiger partial charge in [0.2, 0.25) is 11.8 Å². The summed E-state index contributed by atoms with van der Waals surface area (Å²) >= 11 is 0. The zero-order valence-electron chi connectivity index (χ0n) is 17.9. The Labute approximate surface area is 181 Å². The molecule has 3 fully saturated rings. The van der Waals surface area contributed by atoms with Crippen molar-refractivity contribution >= 4 is 17.5 Å². The first-order chi connectivity index (χ1) is 15.0. The average Bonchev–Trinajstić information content (AvgIpc) is 3.25. The van der Waals surface area contributed by atoms with Gasteiger partial charge in [-0.3, -0.25) is 9.59 Å². The molecular formula is C23H27N5O3.